The zero-order valence-corrected chi connectivity index (χ0v) is 10.2. The average molecular weight is 245 g/mol. The number of benzene rings is 1. The van der Waals surface area contributed by atoms with Crippen LogP contribution in [0.2, 0.25) is 0 Å². The molecule has 2 N–H and O–H groups in total. The van der Waals surface area contributed by atoms with E-state index < -0.39 is 0 Å². The maximum absolute atomic E-state index is 6.24. The van der Waals surface area contributed by atoms with Gasteiger partial charge in [0, 0.05) is 18.8 Å². The second-order valence-corrected chi connectivity index (χ2v) is 4.26. The summed E-state index contributed by atoms with van der Waals surface area (Å²) in [5, 5.41) is 4.33. The predicted molar refractivity (Wildman–Crippen MR) is 66.7 cm³/mol. The minimum absolute atomic E-state index is 0.303. The summed E-state index contributed by atoms with van der Waals surface area (Å²) in [6, 6.07) is 7.37. The number of aryl methyl sites for hydroxylation is 1. The van der Waals surface area contributed by atoms with E-state index in [2.05, 4.69) is 5.10 Å². The van der Waals surface area contributed by atoms with Crippen LogP contribution in [0.3, 0.4) is 0 Å². The zero-order valence-electron chi connectivity index (χ0n) is 10.2. The maximum Gasteiger partial charge on any atom is 0.166 e. The van der Waals surface area contributed by atoms with Crippen LogP contribution in [-0.2, 0) is 7.05 Å². The van der Waals surface area contributed by atoms with Gasteiger partial charge in [-0.3, -0.25) is 4.68 Å². The summed E-state index contributed by atoms with van der Waals surface area (Å²) < 4.78 is 13.0. The van der Waals surface area contributed by atoms with Crippen molar-refractivity contribution in [2.45, 2.75) is 6.04 Å². The van der Waals surface area contributed by atoms with Crippen LogP contribution >= 0.6 is 0 Å². The molecule has 0 amide bonds. The highest BCUT2D eigenvalue weighted by Crippen LogP contribution is 2.37. The SMILES string of the molecule is Cn1ccc(C(N)c2cccc3c2OCCO3)n1. The number of nitrogens with two attached hydrogens (primary N) is 1. The van der Waals surface area contributed by atoms with E-state index in [-0.39, 0.29) is 6.04 Å². The lowest BCUT2D eigenvalue weighted by Crippen LogP contribution is -2.20. The molecule has 1 aliphatic rings. The lowest BCUT2D eigenvalue weighted by atomic mass is 10.0. The minimum Gasteiger partial charge on any atom is -0.486 e. The van der Waals surface area contributed by atoms with Crippen molar-refractivity contribution in [2.24, 2.45) is 12.8 Å². The molecule has 94 valence electrons. The normalized spacial score (nSPS) is 15.4. The van der Waals surface area contributed by atoms with Crippen LogP contribution in [0, 0.1) is 0 Å². The standard InChI is InChI=1S/C13H15N3O2/c1-16-6-5-10(15-16)12(14)9-3-2-4-11-13(9)18-8-7-17-11/h2-6,12H,7-8,14H2,1H3. The Kier molecular flexibility index (Phi) is 2.68. The topological polar surface area (TPSA) is 62.3 Å². The molecule has 5 heteroatoms. The number of nitrogens with zero attached hydrogens (tertiary/aromatic N) is 2. The van der Waals surface area contributed by atoms with Crippen LogP contribution in [0.15, 0.2) is 30.5 Å². The molecule has 1 atom stereocenters. The summed E-state index contributed by atoms with van der Waals surface area (Å²) in [6.07, 6.45) is 1.88. The van der Waals surface area contributed by atoms with E-state index in [1.165, 1.54) is 0 Å². The molecule has 1 unspecified atom stereocenters. The summed E-state index contributed by atoms with van der Waals surface area (Å²) in [4.78, 5) is 0. The van der Waals surface area contributed by atoms with Gasteiger partial charge in [0.2, 0.25) is 0 Å². The number of rotatable bonds is 2. The number of aromatic nitrogens is 2. The van der Waals surface area contributed by atoms with Gasteiger partial charge in [-0.15, -0.1) is 0 Å². The van der Waals surface area contributed by atoms with Gasteiger partial charge in [-0.25, -0.2) is 0 Å². The Hall–Kier alpha value is -2.01. The molecule has 2 aromatic rings. The Morgan fingerprint density at radius 3 is 2.89 bits per heavy atom. The first-order valence-electron chi connectivity index (χ1n) is 5.89. The van der Waals surface area contributed by atoms with E-state index in [4.69, 9.17) is 15.2 Å². The molecule has 2 heterocycles. The van der Waals surface area contributed by atoms with Gasteiger partial charge < -0.3 is 15.2 Å². The summed E-state index contributed by atoms with van der Waals surface area (Å²) in [6.45, 7) is 1.13. The monoisotopic (exact) mass is 245 g/mol. The van der Waals surface area contributed by atoms with Crippen molar-refractivity contribution in [1.82, 2.24) is 9.78 Å². The first-order chi connectivity index (χ1) is 8.75. The Balaban J connectivity index is 2.01. The number of fused-ring (bicyclic) bond motifs is 1. The number of hydrogen-bond donors (Lipinski definition) is 1. The van der Waals surface area contributed by atoms with Gasteiger partial charge in [0.05, 0.1) is 11.7 Å². The molecule has 0 saturated carbocycles. The van der Waals surface area contributed by atoms with E-state index in [0.717, 1.165) is 22.8 Å². The van der Waals surface area contributed by atoms with Crippen LogP contribution in [0.1, 0.15) is 17.3 Å². The largest absolute Gasteiger partial charge is 0.486 e. The zero-order chi connectivity index (χ0) is 12.5. The molecule has 0 aliphatic carbocycles. The molecule has 0 radical (unpaired) electrons. The number of ether oxygens (including phenoxy) is 2. The molecule has 1 aromatic carbocycles. The van der Waals surface area contributed by atoms with Crippen LogP contribution in [0.5, 0.6) is 11.5 Å². The lowest BCUT2D eigenvalue weighted by molar-refractivity contribution is 0.169. The molecule has 0 spiro atoms. The second-order valence-electron chi connectivity index (χ2n) is 4.26. The molecule has 18 heavy (non-hydrogen) atoms. The van der Waals surface area contributed by atoms with Crippen molar-refractivity contribution >= 4 is 0 Å². The summed E-state index contributed by atoms with van der Waals surface area (Å²) >= 11 is 0. The molecule has 3 rings (SSSR count). The minimum atomic E-state index is -0.303. The van der Waals surface area contributed by atoms with E-state index >= 15 is 0 Å². The highest BCUT2D eigenvalue weighted by atomic mass is 16.6. The van der Waals surface area contributed by atoms with E-state index in [9.17, 15) is 0 Å². The summed E-state index contributed by atoms with van der Waals surface area (Å²) in [7, 11) is 1.87. The quantitative estimate of drug-likeness (QED) is 0.864. The van der Waals surface area contributed by atoms with Crippen LogP contribution in [0.25, 0.3) is 0 Å². The van der Waals surface area contributed by atoms with Crippen LogP contribution in [-0.4, -0.2) is 23.0 Å². The first-order valence-corrected chi connectivity index (χ1v) is 5.89. The summed E-state index contributed by atoms with van der Waals surface area (Å²) in [5.74, 6) is 1.49. The van der Waals surface area contributed by atoms with Gasteiger partial charge in [-0.1, -0.05) is 12.1 Å². The van der Waals surface area contributed by atoms with E-state index in [1.54, 1.807) is 4.68 Å². The van der Waals surface area contributed by atoms with Crippen molar-refractivity contribution in [3.8, 4) is 11.5 Å². The van der Waals surface area contributed by atoms with Crippen molar-refractivity contribution in [1.29, 1.82) is 0 Å². The Morgan fingerprint density at radius 1 is 1.28 bits per heavy atom. The highest BCUT2D eigenvalue weighted by Gasteiger charge is 2.21. The highest BCUT2D eigenvalue weighted by molar-refractivity contribution is 5.50. The molecule has 5 nitrogen and oxygen atoms in total. The molecule has 0 saturated heterocycles. The van der Waals surface area contributed by atoms with Crippen molar-refractivity contribution in [3.63, 3.8) is 0 Å². The van der Waals surface area contributed by atoms with Crippen LogP contribution in [0.4, 0.5) is 0 Å². The molecule has 1 aliphatic heterocycles. The molecule has 1 aromatic heterocycles. The smallest absolute Gasteiger partial charge is 0.166 e. The van der Waals surface area contributed by atoms with Gasteiger partial charge in [-0.05, 0) is 12.1 Å². The van der Waals surface area contributed by atoms with Crippen LogP contribution < -0.4 is 15.2 Å². The van der Waals surface area contributed by atoms with Crippen molar-refractivity contribution < 1.29 is 9.47 Å². The Labute approximate surface area is 105 Å². The molecular formula is C13H15N3O2. The maximum atomic E-state index is 6.24. The lowest BCUT2D eigenvalue weighted by Gasteiger charge is -2.22. The van der Waals surface area contributed by atoms with Crippen molar-refractivity contribution in [2.75, 3.05) is 13.2 Å². The third kappa shape index (κ3) is 1.82. The third-order valence-corrected chi connectivity index (χ3v) is 2.98. The fraction of sp³-hybridized carbons (Fsp3) is 0.308. The fourth-order valence-electron chi connectivity index (χ4n) is 2.10. The van der Waals surface area contributed by atoms with Gasteiger partial charge in [-0.2, -0.15) is 5.10 Å². The Morgan fingerprint density at radius 2 is 2.11 bits per heavy atom. The third-order valence-electron chi connectivity index (χ3n) is 2.98. The van der Waals surface area contributed by atoms with Gasteiger partial charge in [0.1, 0.15) is 13.2 Å². The Bertz CT molecular complexity index is 565. The molecular weight excluding hydrogens is 230 g/mol. The fourth-order valence-corrected chi connectivity index (χ4v) is 2.10. The first kappa shape index (κ1) is 11.1. The molecule has 0 fully saturated rings. The number of para-hydroxylation sites is 1. The molecule has 0 bridgehead atoms. The van der Waals surface area contributed by atoms with E-state index in [0.29, 0.717) is 13.2 Å². The van der Waals surface area contributed by atoms with Gasteiger partial charge in [0.15, 0.2) is 11.5 Å². The predicted octanol–water partition coefficient (Wildman–Crippen LogP) is 1.24. The second kappa shape index (κ2) is 4.34. The van der Waals surface area contributed by atoms with Gasteiger partial charge in [0.25, 0.3) is 0 Å². The average Bonchev–Trinajstić information content (AvgIpc) is 2.84. The number of hydrogen-bond acceptors (Lipinski definition) is 4. The van der Waals surface area contributed by atoms with Gasteiger partial charge >= 0.3 is 0 Å². The van der Waals surface area contributed by atoms with E-state index in [1.807, 2.05) is 37.5 Å². The van der Waals surface area contributed by atoms with Crippen molar-refractivity contribution in [3.05, 3.63) is 41.7 Å². The summed E-state index contributed by atoms with van der Waals surface area (Å²) in [5.41, 5.74) is 7.97.